The van der Waals surface area contributed by atoms with Gasteiger partial charge in [-0.05, 0) is 197 Å². The van der Waals surface area contributed by atoms with Crippen LogP contribution >= 0.6 is 44.3 Å². The Bertz CT molecular complexity index is 4090. The van der Waals surface area contributed by atoms with E-state index in [1.807, 2.05) is 66.2 Å². The van der Waals surface area contributed by atoms with E-state index < -0.39 is 39.3 Å². The summed E-state index contributed by atoms with van der Waals surface area (Å²) in [6, 6.07) is 27.9. The SMILES string of the molecule is CC#Cc1ccc(-c2ccc(C(=O)C3CCC45C=CC6C7C8C#Cc9c(cc(O)c%10c9NC(C=C%10)C(C)(O)Cc9cccc%10c9C(c9cnc[nH]9)CC(C(Cc9ccccc9)CSSCC9(CO)C(CNC)CCC79CC36C4)C%108)CC5N=C(N)NC3CCCCC3)s2)s1. The van der Waals surface area contributed by atoms with E-state index >= 15 is 4.79 Å². The number of aromatic hydroxyl groups is 1. The molecule has 6 aromatic rings. The van der Waals surface area contributed by atoms with Crippen LogP contribution in [0.2, 0.25) is 0 Å². The van der Waals surface area contributed by atoms with Crippen LogP contribution in [0.3, 0.4) is 0 Å². The van der Waals surface area contributed by atoms with Crippen molar-refractivity contribution in [2.75, 3.05) is 37.0 Å². The summed E-state index contributed by atoms with van der Waals surface area (Å²) in [5.41, 5.74) is 13.1. The first kappa shape index (κ1) is 61.8. The second-order valence-electron chi connectivity index (χ2n) is 29.8. The number of aliphatic hydroxyl groups excluding tert-OH is 1. The number of ketones is 1. The number of phenols is 1. The number of fused-ring (bicyclic) bond motifs is 1. The molecule has 9 N–H and O–H groups in total. The van der Waals surface area contributed by atoms with Gasteiger partial charge in [0.1, 0.15) is 5.75 Å². The van der Waals surface area contributed by atoms with Gasteiger partial charge in [0.05, 0.1) is 51.6 Å². The molecule has 7 aliphatic carbocycles. The number of nitrogens with zero attached hydrogens (tertiary/aromatic N) is 2. The van der Waals surface area contributed by atoms with Gasteiger partial charge in [-0.15, -0.1) is 28.6 Å². The third kappa shape index (κ3) is 10.2. The highest BCUT2D eigenvalue weighted by Gasteiger charge is 2.76. The number of allylic oxidation sites excluding steroid dienone is 1. The van der Waals surface area contributed by atoms with Crippen LogP contribution in [0.25, 0.3) is 15.8 Å². The van der Waals surface area contributed by atoms with Gasteiger partial charge in [0.15, 0.2) is 11.7 Å². The number of anilines is 1. The number of rotatable bonds is 11. The maximum absolute atomic E-state index is 16.8. The summed E-state index contributed by atoms with van der Waals surface area (Å²) < 4.78 is 0. The number of guanidine groups is 1. The van der Waals surface area contributed by atoms with Crippen molar-refractivity contribution in [1.29, 1.82) is 0 Å². The zero-order valence-corrected chi connectivity index (χ0v) is 57.0. The number of aromatic nitrogens is 2. The van der Waals surface area contributed by atoms with Crippen molar-refractivity contribution in [2.45, 2.75) is 146 Å². The van der Waals surface area contributed by atoms with Crippen LogP contribution in [0, 0.1) is 86.8 Å². The Kier molecular flexibility index (Phi) is 16.1. The van der Waals surface area contributed by atoms with Crippen LogP contribution in [0.1, 0.15) is 162 Å². The van der Waals surface area contributed by atoms with E-state index in [1.165, 1.54) is 23.1 Å². The molecule has 4 saturated carbocycles. The minimum Gasteiger partial charge on any atom is -0.507 e. The van der Waals surface area contributed by atoms with Crippen molar-refractivity contribution < 1.29 is 20.1 Å². The van der Waals surface area contributed by atoms with Gasteiger partial charge in [-0.1, -0.05) is 131 Å². The number of carbonyl (C=O) groups excluding carboxylic acids is 1. The lowest BCUT2D eigenvalue weighted by Crippen LogP contribution is -2.54. The zero-order chi connectivity index (χ0) is 63.4. The second-order valence-corrected chi connectivity index (χ2v) is 34.5. The largest absolute Gasteiger partial charge is 0.507 e. The predicted molar refractivity (Wildman–Crippen MR) is 381 cm³/mol. The maximum atomic E-state index is 16.8. The van der Waals surface area contributed by atoms with E-state index in [9.17, 15) is 15.3 Å². The van der Waals surface area contributed by atoms with Crippen molar-refractivity contribution in [2.24, 2.45) is 73.8 Å². The van der Waals surface area contributed by atoms with Gasteiger partial charge < -0.3 is 42.0 Å². The number of aromatic amines is 1. The predicted octanol–water partition coefficient (Wildman–Crippen LogP) is 14.2. The van der Waals surface area contributed by atoms with Crippen molar-refractivity contribution in [3.8, 4) is 39.2 Å². The Morgan fingerprint density at radius 1 is 0.957 bits per heavy atom. The van der Waals surface area contributed by atoms with Gasteiger partial charge in [0.25, 0.3) is 0 Å². The number of nitrogens with one attached hydrogen (secondary N) is 4. The van der Waals surface area contributed by atoms with Gasteiger partial charge in [-0.25, -0.2) is 9.98 Å². The van der Waals surface area contributed by atoms with Gasteiger partial charge in [0, 0.05) is 85.7 Å². The third-order valence-corrected chi connectivity index (χ3v) is 30.1. The summed E-state index contributed by atoms with van der Waals surface area (Å²) in [6.45, 7) is 4.65. The van der Waals surface area contributed by atoms with E-state index in [0.717, 1.165) is 136 Å². The molecule has 16 atom stereocenters. The van der Waals surface area contributed by atoms with Crippen molar-refractivity contribution in [3.63, 3.8) is 0 Å². The molecule has 0 amide bonds. The molecule has 6 heterocycles. The highest BCUT2D eigenvalue weighted by atomic mass is 33.1. The number of benzene rings is 3. The van der Waals surface area contributed by atoms with Crippen LogP contribution < -0.4 is 21.7 Å². The average molecular weight is 1310 g/mol. The van der Waals surface area contributed by atoms with Crippen LogP contribution in [0.5, 0.6) is 5.75 Å². The fourth-order valence-electron chi connectivity index (χ4n) is 21.3. The minimum absolute atomic E-state index is 0.0299. The van der Waals surface area contributed by atoms with Gasteiger partial charge in [0.2, 0.25) is 0 Å². The number of hydrogen-bond donors (Lipinski definition) is 8. The maximum Gasteiger partial charge on any atom is 0.189 e. The smallest absolute Gasteiger partial charge is 0.189 e. The molecule has 3 aromatic heterocycles. The summed E-state index contributed by atoms with van der Waals surface area (Å²) in [6.07, 6.45) is 26.0. The lowest BCUT2D eigenvalue weighted by molar-refractivity contribution is -0.0541. The molecule has 5 fully saturated rings. The zero-order valence-electron chi connectivity index (χ0n) is 53.7. The molecule has 16 rings (SSSR count). The molecule has 93 heavy (non-hydrogen) atoms. The first-order valence-corrected chi connectivity index (χ1v) is 38.6. The number of imidazole rings is 1. The third-order valence-electron chi connectivity index (χ3n) is 25.2. The Labute approximate surface area is 564 Å². The van der Waals surface area contributed by atoms with Crippen molar-refractivity contribution in [3.05, 3.63) is 164 Å². The number of carbonyl (C=O) groups is 1. The Morgan fingerprint density at radius 2 is 1.81 bits per heavy atom. The standard InChI is InChI=1S/C78H87N7O4S4/c1-4-12-52-19-23-63(92-52)64-24-25-65(93-64)72(88)60-29-31-75-30-28-59-70-56-21-20-53-48(35-67(75)85-73(79)83-51-16-9-6-10-17-51)34-62(87)54-22-26-66(84-71(53)54)74(2,89)37-47-15-11-18-55-68(47)58(61-39-81-45-82-61)36-57(69(55)56)49(33-46-13-7-5-8-14-46)40-90-91-44-78(43-86)50(38-80-3)27-32-77(70,78)42-76(59,60)41-75/h5,7-8,11,13-15,18-19,22-26,28,30,34,39,45,49-51,56-60,66-67,69-70,80,84,86-87,89H,6,9-10,16-17,27,29,31-33,35-38,40-44H2,1-3H3,(H,81,82)(H3,79,83,85). The summed E-state index contributed by atoms with van der Waals surface area (Å²) in [4.78, 5) is 35.1. The number of H-pyrrole nitrogens is 1. The number of Topliss-reactive ketones (excluding diaryl/α,β-unsaturated/α-hetero) is 1. The summed E-state index contributed by atoms with van der Waals surface area (Å²) in [7, 11) is 6.09. The number of nitrogens with two attached hydrogens (primary N) is 1. The van der Waals surface area contributed by atoms with Gasteiger partial charge >= 0.3 is 0 Å². The van der Waals surface area contributed by atoms with Crippen LogP contribution in [0.15, 0.2) is 115 Å². The first-order chi connectivity index (χ1) is 45.3. The molecule has 3 aliphatic heterocycles. The number of thiophene rings is 2. The van der Waals surface area contributed by atoms with Crippen LogP contribution in [-0.4, -0.2) is 92.5 Å². The highest BCUT2D eigenvalue weighted by Crippen LogP contribution is 2.81. The molecule has 15 heteroatoms. The molecule has 3 spiro atoms. The lowest BCUT2D eigenvalue weighted by Gasteiger charge is -2.57. The number of hydrogen-bond acceptors (Lipinski definition) is 12. The molecule has 11 nitrogen and oxygen atoms in total. The lowest BCUT2D eigenvalue weighted by atomic mass is 9.46. The molecule has 482 valence electrons. The monoisotopic (exact) mass is 1310 g/mol. The highest BCUT2D eigenvalue weighted by molar-refractivity contribution is 8.76. The quantitative estimate of drug-likeness (QED) is 0.0154. The van der Waals surface area contributed by atoms with Gasteiger partial charge in [-0.2, -0.15) is 0 Å². The van der Waals surface area contributed by atoms with E-state index in [-0.39, 0.29) is 77.4 Å². The molecular formula is C78H87N7O4S4. The fraction of sp³-hybridized carbons (Fsp3) is 0.500. The molecular weight excluding hydrogens is 1230 g/mol. The van der Waals surface area contributed by atoms with Crippen LogP contribution in [-0.2, 0) is 19.3 Å². The summed E-state index contributed by atoms with van der Waals surface area (Å²) >= 11 is 3.32. The topological polar surface area (TPSA) is 181 Å². The summed E-state index contributed by atoms with van der Waals surface area (Å²) in [5.74, 6) is 17.0. The van der Waals surface area contributed by atoms with E-state index in [1.54, 1.807) is 22.7 Å². The summed E-state index contributed by atoms with van der Waals surface area (Å²) in [5, 5.41) is 50.7. The minimum atomic E-state index is -1.30. The molecule has 16 unspecified atom stereocenters. The normalized spacial score (nSPS) is 35.4. The molecule has 11 bridgehead atoms. The van der Waals surface area contributed by atoms with Gasteiger partial charge in [-0.3, -0.25) is 4.79 Å². The fourth-order valence-corrected chi connectivity index (χ4v) is 26.5. The van der Waals surface area contributed by atoms with Crippen molar-refractivity contribution in [1.82, 2.24) is 20.6 Å². The van der Waals surface area contributed by atoms with Crippen LogP contribution in [0.4, 0.5) is 5.69 Å². The molecule has 3 aromatic carbocycles. The second kappa shape index (κ2) is 24.3. The van der Waals surface area contributed by atoms with Crippen molar-refractivity contribution >= 4 is 67.8 Å². The van der Waals surface area contributed by atoms with E-state index in [4.69, 9.17) is 15.7 Å². The van der Waals surface area contributed by atoms with E-state index in [2.05, 4.69) is 137 Å². The average Bonchev–Trinajstić information content (AvgIpc) is 1.50. The molecule has 10 aliphatic rings. The number of phenolic OH excluding ortho intramolecular Hbond substituents is 1. The molecule has 0 radical (unpaired) electrons. The number of aliphatic hydroxyl groups is 2. The Balaban J connectivity index is 1.00. The number of aliphatic imine (C=N–C) groups is 1. The first-order valence-electron chi connectivity index (χ1n) is 34.5. The Hall–Kier alpha value is -6.01. The molecule has 1 saturated heterocycles. The van der Waals surface area contributed by atoms with E-state index in [0.29, 0.717) is 30.8 Å². The Morgan fingerprint density at radius 3 is 2.62 bits per heavy atom.